The number of hydrazone groups is 1. The summed E-state index contributed by atoms with van der Waals surface area (Å²) in [6, 6.07) is 20.1. The molecule has 0 saturated heterocycles. The Hall–Kier alpha value is -3.28. The van der Waals surface area contributed by atoms with Gasteiger partial charge in [-0.2, -0.15) is 10.1 Å². The van der Waals surface area contributed by atoms with E-state index in [0.29, 0.717) is 32.8 Å². The van der Waals surface area contributed by atoms with E-state index in [1.165, 1.54) is 5.01 Å². The van der Waals surface area contributed by atoms with Crippen LogP contribution in [0.5, 0.6) is 11.5 Å². The van der Waals surface area contributed by atoms with Gasteiger partial charge in [-0.25, -0.2) is 0 Å². The molecule has 1 aliphatic heterocycles. The maximum absolute atomic E-state index is 12.9. The van der Waals surface area contributed by atoms with Gasteiger partial charge in [0.2, 0.25) is 0 Å². The van der Waals surface area contributed by atoms with Crippen molar-refractivity contribution in [2.45, 2.75) is 13.5 Å². The summed E-state index contributed by atoms with van der Waals surface area (Å²) in [7, 11) is 1.57. The predicted octanol–water partition coefficient (Wildman–Crippen LogP) is 6.39. The molecule has 4 rings (SSSR count). The van der Waals surface area contributed by atoms with Crippen LogP contribution in [0.2, 0.25) is 10.0 Å². The lowest BCUT2D eigenvalue weighted by atomic mass is 10.1. The van der Waals surface area contributed by atoms with Crippen molar-refractivity contribution in [2.75, 3.05) is 12.1 Å². The minimum absolute atomic E-state index is 0.176. The lowest BCUT2D eigenvalue weighted by Crippen LogP contribution is -2.21. The molecule has 1 aliphatic rings. The number of ether oxygens (including phenoxy) is 2. The fourth-order valence-corrected chi connectivity index (χ4v) is 3.75. The van der Waals surface area contributed by atoms with E-state index in [4.69, 9.17) is 32.7 Å². The smallest absolute Gasteiger partial charge is 0.280 e. The number of hydrogen-bond donors (Lipinski definition) is 0. The molecule has 32 heavy (non-hydrogen) atoms. The highest BCUT2D eigenvalue weighted by Crippen LogP contribution is 2.32. The number of amides is 1. The van der Waals surface area contributed by atoms with Gasteiger partial charge in [-0.3, -0.25) is 4.79 Å². The first-order valence-corrected chi connectivity index (χ1v) is 10.6. The van der Waals surface area contributed by atoms with Crippen LogP contribution < -0.4 is 14.5 Å². The van der Waals surface area contributed by atoms with Crippen LogP contribution in [0, 0.1) is 0 Å². The van der Waals surface area contributed by atoms with E-state index >= 15 is 0 Å². The van der Waals surface area contributed by atoms with Gasteiger partial charge in [0.15, 0.2) is 11.5 Å². The number of nitrogens with zero attached hydrogens (tertiary/aromatic N) is 2. The minimum Gasteiger partial charge on any atom is -0.493 e. The monoisotopic (exact) mass is 466 g/mol. The summed E-state index contributed by atoms with van der Waals surface area (Å²) in [5, 5.41) is 6.92. The van der Waals surface area contributed by atoms with Gasteiger partial charge in [0.05, 0.1) is 24.1 Å². The Labute approximate surface area is 196 Å². The molecular formula is C25H20Cl2N2O3. The molecule has 0 spiro atoms. The maximum Gasteiger partial charge on any atom is 0.280 e. The SMILES string of the molecule is COc1cc(/C=C2/C(=O)N(c3ccccc3)N=C2C)ccc1OCc1ccc(Cl)cc1Cl. The molecule has 0 aliphatic carbocycles. The Balaban J connectivity index is 1.54. The van der Waals surface area contributed by atoms with Crippen LogP contribution in [0.1, 0.15) is 18.1 Å². The van der Waals surface area contributed by atoms with Gasteiger partial charge in [0.25, 0.3) is 5.91 Å². The molecule has 3 aromatic carbocycles. The van der Waals surface area contributed by atoms with Crippen LogP contribution in [0.15, 0.2) is 77.4 Å². The van der Waals surface area contributed by atoms with E-state index in [2.05, 4.69) is 5.10 Å². The summed E-state index contributed by atoms with van der Waals surface area (Å²) in [6.45, 7) is 2.08. The zero-order valence-electron chi connectivity index (χ0n) is 17.5. The molecule has 3 aromatic rings. The number of carbonyl (C=O) groups excluding carboxylic acids is 1. The standard InChI is InChI=1S/C25H20Cl2N2O3/c1-16-21(25(30)29(28-16)20-6-4-3-5-7-20)12-17-8-11-23(24(13-17)31-2)32-15-18-9-10-19(26)14-22(18)27/h3-14H,15H2,1-2H3/b21-12+. The molecule has 5 nitrogen and oxygen atoms in total. The zero-order chi connectivity index (χ0) is 22.7. The van der Waals surface area contributed by atoms with Crippen molar-refractivity contribution >= 4 is 46.6 Å². The van der Waals surface area contributed by atoms with Crippen molar-refractivity contribution in [3.05, 3.63) is 93.5 Å². The van der Waals surface area contributed by atoms with E-state index in [-0.39, 0.29) is 12.5 Å². The minimum atomic E-state index is -0.176. The molecule has 1 amide bonds. The van der Waals surface area contributed by atoms with Gasteiger partial charge in [-0.15, -0.1) is 0 Å². The molecule has 7 heteroatoms. The summed E-state index contributed by atoms with van der Waals surface area (Å²) < 4.78 is 11.4. The van der Waals surface area contributed by atoms with Crippen LogP contribution in [-0.2, 0) is 11.4 Å². The third-order valence-corrected chi connectivity index (χ3v) is 5.55. The Morgan fingerprint density at radius 2 is 1.78 bits per heavy atom. The average Bonchev–Trinajstić information content (AvgIpc) is 3.08. The number of anilines is 1. The first-order chi connectivity index (χ1) is 15.5. The summed E-state index contributed by atoms with van der Waals surface area (Å²) in [5.74, 6) is 0.935. The van der Waals surface area contributed by atoms with E-state index in [1.807, 2.05) is 55.5 Å². The second-order valence-electron chi connectivity index (χ2n) is 7.13. The van der Waals surface area contributed by atoms with Gasteiger partial charge < -0.3 is 9.47 Å². The topological polar surface area (TPSA) is 51.1 Å². The molecule has 0 aromatic heterocycles. The molecule has 0 unspecified atom stereocenters. The molecular weight excluding hydrogens is 447 g/mol. The van der Waals surface area contributed by atoms with Crippen molar-refractivity contribution in [1.29, 1.82) is 0 Å². The predicted molar refractivity (Wildman–Crippen MR) is 129 cm³/mol. The molecule has 0 radical (unpaired) electrons. The van der Waals surface area contributed by atoms with Crippen LogP contribution in [0.3, 0.4) is 0 Å². The summed E-state index contributed by atoms with van der Waals surface area (Å²) in [6.07, 6.45) is 1.80. The van der Waals surface area contributed by atoms with E-state index < -0.39 is 0 Å². The highest BCUT2D eigenvalue weighted by Gasteiger charge is 2.28. The fourth-order valence-electron chi connectivity index (χ4n) is 3.28. The van der Waals surface area contributed by atoms with Crippen LogP contribution in [0.4, 0.5) is 5.69 Å². The van der Waals surface area contributed by atoms with Crippen LogP contribution >= 0.6 is 23.2 Å². The Morgan fingerprint density at radius 1 is 1.00 bits per heavy atom. The number of carbonyl (C=O) groups is 1. The van der Waals surface area contributed by atoms with E-state index in [1.54, 1.807) is 31.4 Å². The molecule has 0 saturated carbocycles. The number of benzene rings is 3. The largest absolute Gasteiger partial charge is 0.493 e. The Kier molecular flexibility index (Phi) is 6.49. The van der Waals surface area contributed by atoms with E-state index in [0.717, 1.165) is 16.8 Å². The average molecular weight is 467 g/mol. The van der Waals surface area contributed by atoms with Crippen molar-refractivity contribution in [1.82, 2.24) is 0 Å². The number of methoxy groups -OCH3 is 1. The van der Waals surface area contributed by atoms with Crippen molar-refractivity contribution < 1.29 is 14.3 Å². The second-order valence-corrected chi connectivity index (χ2v) is 7.97. The molecule has 1 heterocycles. The van der Waals surface area contributed by atoms with Gasteiger partial charge in [-0.1, -0.05) is 53.5 Å². The Morgan fingerprint density at radius 3 is 2.50 bits per heavy atom. The van der Waals surface area contributed by atoms with Gasteiger partial charge in [0, 0.05) is 15.6 Å². The Bertz CT molecular complexity index is 1220. The highest BCUT2D eigenvalue weighted by molar-refractivity contribution is 6.35. The fraction of sp³-hybridized carbons (Fsp3) is 0.120. The number of hydrogen-bond acceptors (Lipinski definition) is 4. The summed E-state index contributed by atoms with van der Waals surface area (Å²) in [5.41, 5.74) is 3.51. The number of rotatable bonds is 6. The van der Waals surface area contributed by atoms with Gasteiger partial charge in [-0.05, 0) is 55.0 Å². The summed E-state index contributed by atoms with van der Waals surface area (Å²) in [4.78, 5) is 12.9. The third-order valence-electron chi connectivity index (χ3n) is 4.96. The maximum atomic E-state index is 12.9. The third kappa shape index (κ3) is 4.64. The number of halogens is 2. The summed E-state index contributed by atoms with van der Waals surface area (Å²) >= 11 is 12.2. The number of para-hydroxylation sites is 1. The van der Waals surface area contributed by atoms with Crippen molar-refractivity contribution in [3.8, 4) is 11.5 Å². The van der Waals surface area contributed by atoms with Gasteiger partial charge >= 0.3 is 0 Å². The molecule has 0 bridgehead atoms. The van der Waals surface area contributed by atoms with Crippen molar-refractivity contribution in [2.24, 2.45) is 5.10 Å². The molecule has 162 valence electrons. The van der Waals surface area contributed by atoms with Crippen molar-refractivity contribution in [3.63, 3.8) is 0 Å². The zero-order valence-corrected chi connectivity index (χ0v) is 19.0. The molecule has 0 N–H and O–H groups in total. The highest BCUT2D eigenvalue weighted by atomic mass is 35.5. The molecule has 0 fully saturated rings. The second kappa shape index (κ2) is 9.47. The lowest BCUT2D eigenvalue weighted by molar-refractivity contribution is -0.114. The first-order valence-electron chi connectivity index (χ1n) is 9.88. The van der Waals surface area contributed by atoms with Crippen LogP contribution in [0.25, 0.3) is 6.08 Å². The quantitative estimate of drug-likeness (QED) is 0.395. The lowest BCUT2D eigenvalue weighted by Gasteiger charge is -2.13. The molecule has 0 atom stereocenters. The van der Waals surface area contributed by atoms with Gasteiger partial charge in [0.1, 0.15) is 6.61 Å². The van der Waals surface area contributed by atoms with Crippen LogP contribution in [-0.4, -0.2) is 18.7 Å². The first kappa shape index (κ1) is 21.9. The van der Waals surface area contributed by atoms with E-state index in [9.17, 15) is 4.79 Å². The normalized spacial score (nSPS) is 14.6.